The number of anilines is 1. The molecule has 5 nitrogen and oxygen atoms in total. The molecule has 0 saturated carbocycles. The highest BCUT2D eigenvalue weighted by molar-refractivity contribution is 7.20. The summed E-state index contributed by atoms with van der Waals surface area (Å²) < 4.78 is 39.9. The van der Waals surface area contributed by atoms with Crippen LogP contribution in [-0.4, -0.2) is 19.6 Å². The molecule has 0 unspecified atom stereocenters. The molecule has 0 bridgehead atoms. The van der Waals surface area contributed by atoms with E-state index >= 15 is 0 Å². The normalized spacial score (nSPS) is 11.8. The maximum atomic E-state index is 12.8. The molecule has 3 aromatic heterocycles. The summed E-state index contributed by atoms with van der Waals surface area (Å²) in [5.41, 5.74) is 1.53. The Labute approximate surface area is 150 Å². The minimum atomic E-state index is -4.35. The highest BCUT2D eigenvalue weighted by Gasteiger charge is 2.30. The number of fused-ring (bicyclic) bond motifs is 1. The molecule has 0 aliphatic carbocycles. The first-order valence-corrected chi connectivity index (χ1v) is 8.47. The van der Waals surface area contributed by atoms with Crippen LogP contribution in [0.1, 0.15) is 11.1 Å². The van der Waals surface area contributed by atoms with Gasteiger partial charge in [0.1, 0.15) is 0 Å². The molecule has 0 atom stereocenters. The van der Waals surface area contributed by atoms with Gasteiger partial charge in [-0.1, -0.05) is 23.5 Å². The van der Waals surface area contributed by atoms with Gasteiger partial charge in [0.25, 0.3) is 0 Å². The lowest BCUT2D eigenvalue weighted by molar-refractivity contribution is -0.137. The van der Waals surface area contributed by atoms with Crippen molar-refractivity contribution >= 4 is 21.4 Å². The summed E-state index contributed by atoms with van der Waals surface area (Å²) in [6.45, 7) is 0.246. The van der Waals surface area contributed by atoms with Crippen molar-refractivity contribution in [1.82, 2.24) is 19.6 Å². The number of imidazole rings is 1. The van der Waals surface area contributed by atoms with E-state index < -0.39 is 11.7 Å². The number of aromatic nitrogens is 4. The van der Waals surface area contributed by atoms with Crippen molar-refractivity contribution < 1.29 is 13.2 Å². The maximum Gasteiger partial charge on any atom is 0.416 e. The van der Waals surface area contributed by atoms with Crippen LogP contribution in [0.2, 0.25) is 0 Å². The van der Waals surface area contributed by atoms with Crippen molar-refractivity contribution in [2.45, 2.75) is 12.7 Å². The molecule has 0 saturated heterocycles. The Morgan fingerprint density at radius 3 is 2.77 bits per heavy atom. The molecule has 1 aromatic carbocycles. The largest absolute Gasteiger partial charge is 0.416 e. The van der Waals surface area contributed by atoms with Gasteiger partial charge >= 0.3 is 6.18 Å². The third-order valence-corrected chi connectivity index (χ3v) is 4.58. The van der Waals surface area contributed by atoms with E-state index in [9.17, 15) is 13.2 Å². The maximum absolute atomic E-state index is 12.8. The van der Waals surface area contributed by atoms with Crippen LogP contribution in [0, 0.1) is 0 Å². The van der Waals surface area contributed by atoms with E-state index in [1.54, 1.807) is 29.2 Å². The summed E-state index contributed by atoms with van der Waals surface area (Å²) in [6.07, 6.45) is 0.855. The predicted octanol–water partition coefficient (Wildman–Crippen LogP) is 4.48. The van der Waals surface area contributed by atoms with Crippen molar-refractivity contribution in [2.75, 3.05) is 5.32 Å². The summed E-state index contributed by atoms with van der Waals surface area (Å²) in [5, 5.41) is 7.99. The molecule has 0 amide bonds. The summed E-state index contributed by atoms with van der Waals surface area (Å²) in [4.78, 5) is 9.25. The Kier molecular flexibility index (Phi) is 4.08. The van der Waals surface area contributed by atoms with Crippen molar-refractivity contribution in [3.8, 4) is 11.3 Å². The lowest BCUT2D eigenvalue weighted by atomic mass is 10.1. The van der Waals surface area contributed by atoms with Crippen LogP contribution in [-0.2, 0) is 12.7 Å². The lowest BCUT2D eigenvalue weighted by Crippen LogP contribution is -2.06. The number of rotatable bonds is 4. The van der Waals surface area contributed by atoms with E-state index in [2.05, 4.69) is 20.4 Å². The van der Waals surface area contributed by atoms with Gasteiger partial charge in [0.15, 0.2) is 0 Å². The average molecular weight is 375 g/mol. The second-order valence-corrected chi connectivity index (χ2v) is 6.51. The van der Waals surface area contributed by atoms with E-state index in [0.29, 0.717) is 15.7 Å². The number of pyridine rings is 1. The predicted molar refractivity (Wildman–Crippen MR) is 92.9 cm³/mol. The molecule has 132 valence electrons. The molecule has 0 radical (unpaired) electrons. The molecule has 26 heavy (non-hydrogen) atoms. The molecule has 1 N–H and O–H groups in total. The standard InChI is InChI=1S/C17H12F3N5S/c18-17(19,20)13-5-1-3-11(7-13)8-22-15-24-25-10-14(23-16(25)26-15)12-4-2-6-21-9-12/h1-7,9-10H,8H2,(H,22,24). The molecule has 0 spiro atoms. The van der Waals surface area contributed by atoms with Crippen LogP contribution in [0.4, 0.5) is 18.3 Å². The Balaban J connectivity index is 1.49. The molecule has 4 aromatic rings. The highest BCUT2D eigenvalue weighted by atomic mass is 32.1. The van der Waals surface area contributed by atoms with Crippen LogP contribution < -0.4 is 5.32 Å². The van der Waals surface area contributed by atoms with Crippen molar-refractivity contribution in [2.24, 2.45) is 0 Å². The first-order chi connectivity index (χ1) is 12.5. The van der Waals surface area contributed by atoms with Crippen molar-refractivity contribution in [3.05, 3.63) is 66.1 Å². The number of benzene rings is 1. The first-order valence-electron chi connectivity index (χ1n) is 7.66. The van der Waals surface area contributed by atoms with Crippen LogP contribution in [0.15, 0.2) is 55.0 Å². The summed E-state index contributed by atoms with van der Waals surface area (Å²) in [5.74, 6) is 0. The molecule has 4 rings (SSSR count). The van der Waals surface area contributed by atoms with Gasteiger partial charge in [0, 0.05) is 24.5 Å². The summed E-state index contributed by atoms with van der Waals surface area (Å²) in [6, 6.07) is 8.97. The lowest BCUT2D eigenvalue weighted by Gasteiger charge is -2.08. The van der Waals surface area contributed by atoms with Crippen molar-refractivity contribution in [1.29, 1.82) is 0 Å². The SMILES string of the molecule is FC(F)(F)c1cccc(CNc2nn3cc(-c4cccnc4)nc3s2)c1. The Morgan fingerprint density at radius 1 is 1.15 bits per heavy atom. The average Bonchev–Trinajstić information content (AvgIpc) is 3.19. The van der Waals surface area contributed by atoms with Crippen LogP contribution in [0.5, 0.6) is 0 Å². The van der Waals surface area contributed by atoms with Crippen molar-refractivity contribution in [3.63, 3.8) is 0 Å². The minimum Gasteiger partial charge on any atom is -0.356 e. The fourth-order valence-electron chi connectivity index (χ4n) is 2.46. The second-order valence-electron chi connectivity index (χ2n) is 5.55. The third kappa shape index (κ3) is 3.38. The summed E-state index contributed by atoms with van der Waals surface area (Å²) in [7, 11) is 0. The number of hydrogen-bond acceptors (Lipinski definition) is 5. The van der Waals surface area contributed by atoms with Crippen LogP contribution in [0.25, 0.3) is 16.2 Å². The zero-order valence-electron chi connectivity index (χ0n) is 13.2. The van der Waals surface area contributed by atoms with Crippen LogP contribution in [0.3, 0.4) is 0 Å². The van der Waals surface area contributed by atoms with E-state index in [4.69, 9.17) is 0 Å². The smallest absolute Gasteiger partial charge is 0.356 e. The molecule has 9 heteroatoms. The van der Waals surface area contributed by atoms with Crippen LogP contribution >= 0.6 is 11.3 Å². The zero-order valence-corrected chi connectivity index (χ0v) is 14.1. The van der Waals surface area contributed by atoms with E-state index in [0.717, 1.165) is 23.4 Å². The van der Waals surface area contributed by atoms with Gasteiger partial charge in [-0.25, -0.2) is 9.50 Å². The molecule has 0 aliphatic heterocycles. The number of nitrogens with one attached hydrogen (secondary N) is 1. The van der Waals surface area contributed by atoms with Gasteiger partial charge < -0.3 is 5.32 Å². The topological polar surface area (TPSA) is 55.1 Å². The van der Waals surface area contributed by atoms with Gasteiger partial charge in [-0.2, -0.15) is 13.2 Å². The van der Waals surface area contributed by atoms with E-state index in [1.807, 2.05) is 12.1 Å². The number of alkyl halides is 3. The van der Waals surface area contributed by atoms with Gasteiger partial charge in [-0.3, -0.25) is 4.98 Å². The number of halogens is 3. The summed E-state index contributed by atoms with van der Waals surface area (Å²) >= 11 is 1.33. The fourth-order valence-corrected chi connectivity index (χ4v) is 3.24. The minimum absolute atomic E-state index is 0.246. The quantitative estimate of drug-likeness (QED) is 0.571. The first kappa shape index (κ1) is 16.5. The Bertz CT molecular complexity index is 1010. The number of nitrogens with zero attached hydrogens (tertiary/aromatic N) is 4. The Hall–Kier alpha value is -2.94. The molecule has 0 fully saturated rings. The molecule has 0 aliphatic rings. The Morgan fingerprint density at radius 2 is 2.04 bits per heavy atom. The highest BCUT2D eigenvalue weighted by Crippen LogP contribution is 2.30. The second kappa shape index (κ2) is 6.41. The van der Waals surface area contributed by atoms with E-state index in [1.165, 1.54) is 17.4 Å². The zero-order chi connectivity index (χ0) is 18.1. The van der Waals surface area contributed by atoms with Gasteiger partial charge in [0.05, 0.1) is 17.5 Å². The van der Waals surface area contributed by atoms with Gasteiger partial charge in [0.2, 0.25) is 10.1 Å². The fraction of sp³-hybridized carbons (Fsp3) is 0.118. The van der Waals surface area contributed by atoms with Gasteiger partial charge in [-0.15, -0.1) is 5.10 Å². The number of hydrogen-bond donors (Lipinski definition) is 1. The molecular formula is C17H12F3N5S. The third-order valence-electron chi connectivity index (χ3n) is 3.70. The van der Waals surface area contributed by atoms with Gasteiger partial charge in [-0.05, 0) is 29.8 Å². The van der Waals surface area contributed by atoms with E-state index in [-0.39, 0.29) is 6.54 Å². The molecular weight excluding hydrogens is 363 g/mol. The molecule has 3 heterocycles. The monoisotopic (exact) mass is 375 g/mol.